The molecule has 5 heteroatoms. The molecule has 5 nitrogen and oxygen atoms in total. The van der Waals surface area contributed by atoms with Crippen molar-refractivity contribution in [2.45, 2.75) is 32.0 Å². The Morgan fingerprint density at radius 3 is 2.80 bits per heavy atom. The molecule has 3 N–H and O–H groups in total. The number of nitrogen functional groups attached to an aromatic ring is 1. The van der Waals surface area contributed by atoms with Crippen molar-refractivity contribution in [3.05, 3.63) is 18.2 Å². The number of rotatable bonds is 6. The molecule has 0 amide bonds. The first-order valence-electron chi connectivity index (χ1n) is 6.97. The zero-order chi connectivity index (χ0) is 14.6. The average Bonchev–Trinajstić information content (AvgIpc) is 2.84. The molecular formula is C15H24N2O3. The summed E-state index contributed by atoms with van der Waals surface area (Å²) >= 11 is 0. The monoisotopic (exact) mass is 280 g/mol. The van der Waals surface area contributed by atoms with Crippen LogP contribution < -0.4 is 15.8 Å². The predicted octanol–water partition coefficient (Wildman–Crippen LogP) is 2.27. The van der Waals surface area contributed by atoms with Gasteiger partial charge in [-0.1, -0.05) is 0 Å². The number of ether oxygens (including phenoxy) is 3. The zero-order valence-corrected chi connectivity index (χ0v) is 12.4. The van der Waals surface area contributed by atoms with E-state index >= 15 is 0 Å². The van der Waals surface area contributed by atoms with Gasteiger partial charge >= 0.3 is 0 Å². The molecular weight excluding hydrogens is 256 g/mol. The lowest BCUT2D eigenvalue weighted by atomic mass is 10.0. The predicted molar refractivity (Wildman–Crippen MR) is 80.3 cm³/mol. The van der Waals surface area contributed by atoms with Gasteiger partial charge in [0.1, 0.15) is 11.4 Å². The molecule has 1 aromatic rings. The molecule has 1 aliphatic heterocycles. The third-order valence-corrected chi connectivity index (χ3v) is 3.42. The molecule has 0 saturated carbocycles. The van der Waals surface area contributed by atoms with Crippen molar-refractivity contribution in [3.63, 3.8) is 0 Å². The van der Waals surface area contributed by atoms with Crippen LogP contribution in [0.5, 0.6) is 5.75 Å². The normalized spacial score (nSPS) is 22.2. The van der Waals surface area contributed by atoms with Crippen molar-refractivity contribution in [3.8, 4) is 5.75 Å². The highest BCUT2D eigenvalue weighted by Gasteiger charge is 2.34. The number of hydrogen-bond acceptors (Lipinski definition) is 5. The number of nitrogens with two attached hydrogens (primary N) is 1. The standard InChI is InChI=1S/C15H24N2O3/c1-11(2)20-14-7-12(16)6-13(8-14)17-9-15(18-3)4-5-19-10-15/h6-8,11,17H,4-5,9-10,16H2,1-3H3. The Morgan fingerprint density at radius 2 is 2.20 bits per heavy atom. The van der Waals surface area contributed by atoms with E-state index in [1.807, 2.05) is 32.0 Å². The molecule has 0 bridgehead atoms. The molecule has 1 atom stereocenters. The third kappa shape index (κ3) is 3.77. The van der Waals surface area contributed by atoms with Crippen LogP contribution in [0.1, 0.15) is 20.3 Å². The largest absolute Gasteiger partial charge is 0.491 e. The fraction of sp³-hybridized carbons (Fsp3) is 0.600. The minimum atomic E-state index is -0.246. The second-order valence-corrected chi connectivity index (χ2v) is 5.50. The van der Waals surface area contributed by atoms with Gasteiger partial charge in [-0.2, -0.15) is 0 Å². The van der Waals surface area contributed by atoms with Crippen LogP contribution in [-0.4, -0.2) is 38.6 Å². The summed E-state index contributed by atoms with van der Waals surface area (Å²) in [5.41, 5.74) is 7.28. The number of benzene rings is 1. The van der Waals surface area contributed by atoms with Crippen LogP contribution in [0.15, 0.2) is 18.2 Å². The van der Waals surface area contributed by atoms with Gasteiger partial charge in [0, 0.05) is 50.2 Å². The third-order valence-electron chi connectivity index (χ3n) is 3.42. The summed E-state index contributed by atoms with van der Waals surface area (Å²) in [7, 11) is 1.73. The number of hydrogen-bond donors (Lipinski definition) is 2. The van der Waals surface area contributed by atoms with Crippen LogP contribution >= 0.6 is 0 Å². The van der Waals surface area contributed by atoms with Gasteiger partial charge in [-0.15, -0.1) is 0 Å². The lowest BCUT2D eigenvalue weighted by Gasteiger charge is -2.26. The van der Waals surface area contributed by atoms with E-state index in [-0.39, 0.29) is 11.7 Å². The van der Waals surface area contributed by atoms with Crippen LogP contribution in [0, 0.1) is 0 Å². The van der Waals surface area contributed by atoms with E-state index in [0.717, 1.165) is 24.5 Å². The maximum atomic E-state index is 5.91. The maximum Gasteiger partial charge on any atom is 0.123 e. The van der Waals surface area contributed by atoms with Gasteiger partial charge in [0.15, 0.2) is 0 Å². The number of nitrogens with one attached hydrogen (secondary N) is 1. The molecule has 1 saturated heterocycles. The van der Waals surface area contributed by atoms with Gasteiger partial charge in [-0.05, 0) is 19.9 Å². The van der Waals surface area contributed by atoms with Crippen LogP contribution in [0.4, 0.5) is 11.4 Å². The molecule has 0 aromatic heterocycles. The molecule has 0 spiro atoms. The van der Waals surface area contributed by atoms with Crippen LogP contribution in [-0.2, 0) is 9.47 Å². The minimum Gasteiger partial charge on any atom is -0.491 e. The first kappa shape index (κ1) is 14.9. The zero-order valence-electron chi connectivity index (χ0n) is 12.4. The molecule has 2 rings (SSSR count). The highest BCUT2D eigenvalue weighted by atomic mass is 16.5. The quantitative estimate of drug-likeness (QED) is 0.783. The van der Waals surface area contributed by atoms with Crippen molar-refractivity contribution < 1.29 is 14.2 Å². The molecule has 1 fully saturated rings. The average molecular weight is 280 g/mol. The second kappa shape index (κ2) is 6.33. The van der Waals surface area contributed by atoms with E-state index in [2.05, 4.69) is 5.32 Å². The minimum absolute atomic E-state index is 0.123. The molecule has 20 heavy (non-hydrogen) atoms. The SMILES string of the molecule is COC1(CNc2cc(N)cc(OC(C)C)c2)CCOC1. The molecule has 112 valence electrons. The smallest absolute Gasteiger partial charge is 0.123 e. The molecule has 1 heterocycles. The summed E-state index contributed by atoms with van der Waals surface area (Å²) in [6, 6.07) is 5.68. The fourth-order valence-corrected chi connectivity index (χ4v) is 2.29. The molecule has 1 unspecified atom stereocenters. The van der Waals surface area contributed by atoms with Crippen LogP contribution in [0.2, 0.25) is 0 Å². The summed E-state index contributed by atoms with van der Waals surface area (Å²) < 4.78 is 16.7. The summed E-state index contributed by atoms with van der Waals surface area (Å²) in [6.45, 7) is 6.04. The van der Waals surface area contributed by atoms with Crippen molar-refractivity contribution in [2.24, 2.45) is 0 Å². The molecule has 0 radical (unpaired) electrons. The topological polar surface area (TPSA) is 65.7 Å². The van der Waals surface area contributed by atoms with Crippen molar-refractivity contribution in [1.82, 2.24) is 0 Å². The molecule has 1 aromatic carbocycles. The van der Waals surface area contributed by atoms with Gasteiger partial charge in [0.05, 0.1) is 12.7 Å². The fourth-order valence-electron chi connectivity index (χ4n) is 2.29. The first-order valence-corrected chi connectivity index (χ1v) is 6.97. The molecule has 0 aliphatic carbocycles. The summed E-state index contributed by atoms with van der Waals surface area (Å²) in [5, 5.41) is 3.37. The van der Waals surface area contributed by atoms with Gasteiger partial charge < -0.3 is 25.3 Å². The summed E-state index contributed by atoms with van der Waals surface area (Å²) in [5.74, 6) is 0.775. The Morgan fingerprint density at radius 1 is 1.40 bits per heavy atom. The number of methoxy groups -OCH3 is 1. The first-order chi connectivity index (χ1) is 9.53. The number of anilines is 2. The van der Waals surface area contributed by atoms with Gasteiger partial charge in [0.25, 0.3) is 0 Å². The van der Waals surface area contributed by atoms with E-state index < -0.39 is 0 Å². The summed E-state index contributed by atoms with van der Waals surface area (Å²) in [6.07, 6.45) is 1.02. The Labute approximate surface area is 120 Å². The van der Waals surface area contributed by atoms with E-state index in [9.17, 15) is 0 Å². The van der Waals surface area contributed by atoms with E-state index in [4.69, 9.17) is 19.9 Å². The maximum absolute atomic E-state index is 5.91. The highest BCUT2D eigenvalue weighted by molar-refractivity contribution is 5.59. The van der Waals surface area contributed by atoms with Gasteiger partial charge in [-0.25, -0.2) is 0 Å². The lowest BCUT2D eigenvalue weighted by Crippen LogP contribution is -2.39. The highest BCUT2D eigenvalue weighted by Crippen LogP contribution is 2.26. The summed E-state index contributed by atoms with van der Waals surface area (Å²) in [4.78, 5) is 0. The van der Waals surface area contributed by atoms with E-state index in [1.54, 1.807) is 7.11 Å². The van der Waals surface area contributed by atoms with E-state index in [0.29, 0.717) is 18.8 Å². The molecule has 1 aliphatic rings. The Kier molecular flexibility index (Phi) is 4.73. The Balaban J connectivity index is 2.03. The van der Waals surface area contributed by atoms with Gasteiger partial charge in [0.2, 0.25) is 0 Å². The van der Waals surface area contributed by atoms with Crippen LogP contribution in [0.3, 0.4) is 0 Å². The van der Waals surface area contributed by atoms with Crippen molar-refractivity contribution >= 4 is 11.4 Å². The van der Waals surface area contributed by atoms with Gasteiger partial charge in [-0.3, -0.25) is 0 Å². The van der Waals surface area contributed by atoms with Crippen molar-refractivity contribution in [1.29, 1.82) is 0 Å². The van der Waals surface area contributed by atoms with E-state index in [1.165, 1.54) is 0 Å². The Hall–Kier alpha value is -1.46. The lowest BCUT2D eigenvalue weighted by molar-refractivity contribution is -0.00620. The Bertz CT molecular complexity index is 443. The van der Waals surface area contributed by atoms with Crippen molar-refractivity contribution in [2.75, 3.05) is 37.9 Å². The second-order valence-electron chi connectivity index (χ2n) is 5.50. The van der Waals surface area contributed by atoms with Crippen LogP contribution in [0.25, 0.3) is 0 Å².